The van der Waals surface area contributed by atoms with Gasteiger partial charge in [-0.3, -0.25) is 0 Å². The Morgan fingerprint density at radius 3 is 2.67 bits per heavy atom. The molecule has 2 heterocycles. The van der Waals surface area contributed by atoms with Gasteiger partial charge in [0.25, 0.3) is 0 Å². The molecule has 11 heteroatoms. The van der Waals surface area contributed by atoms with Gasteiger partial charge in [-0.2, -0.15) is 15.0 Å². The third kappa shape index (κ3) is 5.31. The number of ether oxygens (including phenoxy) is 2. The summed E-state index contributed by atoms with van der Waals surface area (Å²) in [6.07, 6.45) is 0. The standard InChI is InChI=1S/C16H20FN5O4S/c1-25-16-20-14(19-15(21-16)22-6-8-26-9-7-22)10-18-27(23,24)11-12-4-2-3-5-13(12)17/h2-5,18H,6-11H2,1H3. The Balaban J connectivity index is 1.71. The van der Waals surface area contributed by atoms with E-state index in [-0.39, 0.29) is 23.9 Å². The number of hydrogen-bond acceptors (Lipinski definition) is 8. The van der Waals surface area contributed by atoms with Gasteiger partial charge < -0.3 is 14.4 Å². The Morgan fingerprint density at radius 2 is 1.96 bits per heavy atom. The highest BCUT2D eigenvalue weighted by Crippen LogP contribution is 2.14. The average Bonchev–Trinajstić information content (AvgIpc) is 2.68. The molecule has 1 aliphatic heterocycles. The molecule has 0 amide bonds. The van der Waals surface area contributed by atoms with E-state index < -0.39 is 21.6 Å². The molecule has 0 bridgehead atoms. The van der Waals surface area contributed by atoms with Crippen molar-refractivity contribution in [1.82, 2.24) is 19.7 Å². The number of rotatable bonds is 7. The van der Waals surface area contributed by atoms with E-state index >= 15 is 0 Å². The fourth-order valence-corrected chi connectivity index (χ4v) is 3.60. The lowest BCUT2D eigenvalue weighted by Crippen LogP contribution is -2.37. The lowest BCUT2D eigenvalue weighted by molar-refractivity contribution is 0.122. The van der Waals surface area contributed by atoms with Crippen LogP contribution >= 0.6 is 0 Å². The molecule has 0 unspecified atom stereocenters. The van der Waals surface area contributed by atoms with Crippen LogP contribution in [0.1, 0.15) is 11.4 Å². The van der Waals surface area contributed by atoms with Crippen LogP contribution in [-0.2, 0) is 27.1 Å². The molecule has 0 saturated carbocycles. The van der Waals surface area contributed by atoms with Crippen LogP contribution in [0, 0.1) is 5.82 Å². The van der Waals surface area contributed by atoms with Crippen molar-refractivity contribution in [2.24, 2.45) is 0 Å². The van der Waals surface area contributed by atoms with E-state index in [1.54, 1.807) is 6.07 Å². The van der Waals surface area contributed by atoms with E-state index in [2.05, 4.69) is 19.7 Å². The first kappa shape index (κ1) is 19.4. The van der Waals surface area contributed by atoms with Gasteiger partial charge >= 0.3 is 6.01 Å². The van der Waals surface area contributed by atoms with Crippen LogP contribution in [0.4, 0.5) is 10.3 Å². The molecule has 0 aliphatic carbocycles. The van der Waals surface area contributed by atoms with Gasteiger partial charge in [0.1, 0.15) is 5.82 Å². The predicted octanol–water partition coefficient (Wildman–Crippen LogP) is 0.475. The lowest BCUT2D eigenvalue weighted by atomic mass is 10.2. The van der Waals surface area contributed by atoms with Crippen LogP contribution in [-0.4, -0.2) is 56.8 Å². The Labute approximate surface area is 156 Å². The highest BCUT2D eigenvalue weighted by Gasteiger charge is 2.19. The zero-order valence-electron chi connectivity index (χ0n) is 14.8. The number of morpholine rings is 1. The van der Waals surface area contributed by atoms with Crippen molar-refractivity contribution < 1.29 is 22.3 Å². The van der Waals surface area contributed by atoms with Crippen molar-refractivity contribution in [2.75, 3.05) is 38.3 Å². The molecule has 0 spiro atoms. The number of sulfonamides is 1. The van der Waals surface area contributed by atoms with Gasteiger partial charge in [-0.1, -0.05) is 18.2 Å². The summed E-state index contributed by atoms with van der Waals surface area (Å²) in [6, 6.07) is 5.82. The van der Waals surface area contributed by atoms with Gasteiger partial charge in [0.15, 0.2) is 5.82 Å². The van der Waals surface area contributed by atoms with Crippen LogP contribution in [0.2, 0.25) is 0 Å². The maximum atomic E-state index is 13.7. The molecule has 0 radical (unpaired) electrons. The second kappa shape index (κ2) is 8.55. The number of benzene rings is 1. The molecule has 2 aromatic rings. The number of aromatic nitrogens is 3. The van der Waals surface area contributed by atoms with E-state index in [1.807, 2.05) is 4.90 Å². The maximum absolute atomic E-state index is 13.7. The van der Waals surface area contributed by atoms with Crippen LogP contribution in [0.25, 0.3) is 0 Å². The Hall–Kier alpha value is -2.37. The summed E-state index contributed by atoms with van der Waals surface area (Å²) < 4.78 is 51.0. The van der Waals surface area contributed by atoms with Crippen LogP contribution in [0.3, 0.4) is 0 Å². The summed E-state index contributed by atoms with van der Waals surface area (Å²) in [5.74, 6) is -0.439. The van der Waals surface area contributed by atoms with Gasteiger partial charge in [-0.05, 0) is 6.07 Å². The average molecular weight is 397 g/mol. The second-order valence-corrected chi connectivity index (χ2v) is 7.62. The summed E-state index contributed by atoms with van der Waals surface area (Å²) in [5.41, 5.74) is 0.0900. The molecular formula is C16H20FN5O4S. The summed E-state index contributed by atoms with van der Waals surface area (Å²) in [7, 11) is -2.36. The van der Waals surface area contributed by atoms with E-state index in [0.29, 0.717) is 32.3 Å². The summed E-state index contributed by atoms with van der Waals surface area (Å²) in [5, 5.41) is 0. The number of anilines is 1. The number of nitrogens with zero attached hydrogens (tertiary/aromatic N) is 4. The van der Waals surface area contributed by atoms with E-state index in [1.165, 1.54) is 25.3 Å². The minimum Gasteiger partial charge on any atom is -0.467 e. The third-order valence-electron chi connectivity index (χ3n) is 3.88. The van der Waals surface area contributed by atoms with E-state index in [0.717, 1.165) is 0 Å². The second-order valence-electron chi connectivity index (χ2n) is 5.81. The van der Waals surface area contributed by atoms with E-state index in [4.69, 9.17) is 9.47 Å². The van der Waals surface area contributed by atoms with Gasteiger partial charge in [0.2, 0.25) is 16.0 Å². The quantitative estimate of drug-likeness (QED) is 0.719. The highest BCUT2D eigenvalue weighted by molar-refractivity contribution is 7.88. The first-order valence-corrected chi connectivity index (χ1v) is 9.94. The molecule has 3 rings (SSSR count). The van der Waals surface area contributed by atoms with Crippen molar-refractivity contribution in [3.63, 3.8) is 0 Å². The van der Waals surface area contributed by atoms with Gasteiger partial charge in [-0.15, -0.1) is 0 Å². The number of halogens is 1. The SMILES string of the molecule is COc1nc(CNS(=O)(=O)Cc2ccccc2F)nc(N2CCOCC2)n1. The van der Waals surface area contributed by atoms with Crippen molar-refractivity contribution in [3.8, 4) is 6.01 Å². The smallest absolute Gasteiger partial charge is 0.321 e. The topological polar surface area (TPSA) is 107 Å². The highest BCUT2D eigenvalue weighted by atomic mass is 32.2. The summed E-state index contributed by atoms with van der Waals surface area (Å²) in [4.78, 5) is 14.5. The molecular weight excluding hydrogens is 377 g/mol. The fourth-order valence-electron chi connectivity index (χ4n) is 2.51. The number of methoxy groups -OCH3 is 1. The molecule has 1 fully saturated rings. The normalized spacial score (nSPS) is 15.0. The van der Waals surface area contributed by atoms with Crippen LogP contribution in [0.5, 0.6) is 6.01 Å². The van der Waals surface area contributed by atoms with E-state index in [9.17, 15) is 12.8 Å². The summed E-state index contributed by atoms with van der Waals surface area (Å²) in [6.45, 7) is 2.18. The molecule has 1 saturated heterocycles. The van der Waals surface area contributed by atoms with Gasteiger partial charge in [0.05, 0.1) is 32.6 Å². The number of nitrogens with one attached hydrogen (secondary N) is 1. The number of hydrogen-bond donors (Lipinski definition) is 1. The van der Waals surface area contributed by atoms with Crippen molar-refractivity contribution in [2.45, 2.75) is 12.3 Å². The minimum absolute atomic E-state index is 0.0900. The van der Waals surface area contributed by atoms with Gasteiger partial charge in [0, 0.05) is 18.7 Å². The van der Waals surface area contributed by atoms with Crippen LogP contribution in [0.15, 0.2) is 24.3 Å². The largest absolute Gasteiger partial charge is 0.467 e. The first-order valence-electron chi connectivity index (χ1n) is 8.29. The molecule has 1 N–H and O–H groups in total. The minimum atomic E-state index is -3.78. The maximum Gasteiger partial charge on any atom is 0.321 e. The molecule has 1 aromatic heterocycles. The molecule has 1 aromatic carbocycles. The Bertz CT molecular complexity index is 890. The molecule has 9 nitrogen and oxygen atoms in total. The fraction of sp³-hybridized carbons (Fsp3) is 0.438. The Kier molecular flexibility index (Phi) is 6.14. The Morgan fingerprint density at radius 1 is 1.22 bits per heavy atom. The van der Waals surface area contributed by atoms with Crippen molar-refractivity contribution in [1.29, 1.82) is 0 Å². The predicted molar refractivity (Wildman–Crippen MR) is 95.3 cm³/mol. The van der Waals surface area contributed by atoms with Crippen molar-refractivity contribution in [3.05, 3.63) is 41.5 Å². The summed E-state index contributed by atoms with van der Waals surface area (Å²) >= 11 is 0. The third-order valence-corrected chi connectivity index (χ3v) is 5.15. The van der Waals surface area contributed by atoms with Gasteiger partial charge in [-0.25, -0.2) is 17.5 Å². The first-order chi connectivity index (χ1) is 13.0. The molecule has 0 atom stereocenters. The molecule has 27 heavy (non-hydrogen) atoms. The zero-order valence-corrected chi connectivity index (χ0v) is 15.6. The lowest BCUT2D eigenvalue weighted by Gasteiger charge is -2.26. The zero-order chi connectivity index (χ0) is 19.3. The molecule has 146 valence electrons. The molecule has 1 aliphatic rings. The van der Waals surface area contributed by atoms with Crippen LogP contribution < -0.4 is 14.4 Å². The van der Waals surface area contributed by atoms with Crippen molar-refractivity contribution >= 4 is 16.0 Å². The monoisotopic (exact) mass is 397 g/mol.